The van der Waals surface area contributed by atoms with E-state index in [9.17, 15) is 30.7 Å². The summed E-state index contributed by atoms with van der Waals surface area (Å²) in [7, 11) is -5.01. The number of hydrogen-bond acceptors (Lipinski definition) is 3. The van der Waals surface area contributed by atoms with E-state index in [1.54, 1.807) is 0 Å². The van der Waals surface area contributed by atoms with Crippen LogP contribution in [0, 0.1) is 0 Å². The first-order valence-electron chi connectivity index (χ1n) is 10.0. The molecule has 0 unspecified atom stereocenters. The molecule has 0 saturated carbocycles. The summed E-state index contributed by atoms with van der Waals surface area (Å²) in [6.45, 7) is -0.951. The molecule has 13 heteroatoms. The lowest BCUT2D eigenvalue weighted by Crippen LogP contribution is -2.63. The van der Waals surface area contributed by atoms with Crippen molar-refractivity contribution >= 4 is 37.7 Å². The van der Waals surface area contributed by atoms with Gasteiger partial charge in [0.25, 0.3) is 0 Å². The molecule has 0 spiro atoms. The van der Waals surface area contributed by atoms with Crippen LogP contribution in [0.2, 0.25) is 0 Å². The highest BCUT2D eigenvalue weighted by Gasteiger charge is 2.49. The fourth-order valence-corrected chi connectivity index (χ4v) is 3.68. The third-order valence-electron chi connectivity index (χ3n) is 5.23. The van der Waals surface area contributed by atoms with Gasteiger partial charge in [-0.1, -0.05) is 72.8 Å². The van der Waals surface area contributed by atoms with E-state index < -0.39 is 62.4 Å². The minimum absolute atomic E-state index is 0.111. The van der Waals surface area contributed by atoms with Gasteiger partial charge in [0.1, 0.15) is 6.67 Å². The average Bonchev–Trinajstić information content (AvgIpc) is 2.82. The molecule has 0 aliphatic carbocycles. The summed E-state index contributed by atoms with van der Waals surface area (Å²) >= 11 is 0. The lowest BCUT2D eigenvalue weighted by molar-refractivity contribution is -0.137. The molecule has 174 valence electrons. The first-order valence-corrected chi connectivity index (χ1v) is 10.0. The Morgan fingerprint density at radius 2 is 0.882 bits per heavy atom. The first kappa shape index (κ1) is 24.4. The van der Waals surface area contributed by atoms with Crippen LogP contribution >= 0.6 is 0 Å². The van der Waals surface area contributed by atoms with Crippen molar-refractivity contribution in [2.24, 2.45) is 0 Å². The molecule has 1 fully saturated rings. The van der Waals surface area contributed by atoms with Crippen molar-refractivity contribution in [1.29, 1.82) is 0 Å². The SMILES string of the molecule is FCc1ccccc1B1OB(c2ccccc2C(F)(F)F)OB(c2ccccc2C(F)(F)F)O1. The van der Waals surface area contributed by atoms with E-state index in [1.807, 2.05) is 0 Å². The molecule has 3 nitrogen and oxygen atoms in total. The van der Waals surface area contributed by atoms with Gasteiger partial charge in [0, 0.05) is 0 Å². The highest BCUT2D eigenvalue weighted by Crippen LogP contribution is 2.30. The Morgan fingerprint density at radius 3 is 1.29 bits per heavy atom. The van der Waals surface area contributed by atoms with Gasteiger partial charge in [0.05, 0.1) is 11.1 Å². The second kappa shape index (κ2) is 9.48. The van der Waals surface area contributed by atoms with E-state index in [0.717, 1.165) is 36.4 Å². The molecule has 34 heavy (non-hydrogen) atoms. The zero-order valence-corrected chi connectivity index (χ0v) is 17.2. The third-order valence-corrected chi connectivity index (χ3v) is 5.23. The van der Waals surface area contributed by atoms with E-state index in [-0.39, 0.29) is 11.0 Å². The molecule has 4 rings (SSSR count). The maximum absolute atomic E-state index is 13.6. The van der Waals surface area contributed by atoms with E-state index in [4.69, 9.17) is 13.7 Å². The van der Waals surface area contributed by atoms with E-state index in [2.05, 4.69) is 0 Å². The molecule has 3 aromatic carbocycles. The van der Waals surface area contributed by atoms with E-state index in [1.165, 1.54) is 36.4 Å². The van der Waals surface area contributed by atoms with Gasteiger partial charge in [-0.05, 0) is 22.0 Å². The quantitative estimate of drug-likeness (QED) is 0.421. The maximum Gasteiger partial charge on any atom is 0.467 e. The van der Waals surface area contributed by atoms with Crippen LogP contribution < -0.4 is 16.4 Å². The van der Waals surface area contributed by atoms with Crippen molar-refractivity contribution < 1.29 is 44.4 Å². The van der Waals surface area contributed by atoms with Crippen LogP contribution in [0.5, 0.6) is 0 Å². The maximum atomic E-state index is 13.6. The summed E-state index contributed by atoms with van der Waals surface area (Å²) in [6.07, 6.45) is -9.57. The van der Waals surface area contributed by atoms with Crippen LogP contribution in [0.25, 0.3) is 0 Å². The first-order chi connectivity index (χ1) is 16.1. The van der Waals surface area contributed by atoms with Crippen LogP contribution in [-0.2, 0) is 32.7 Å². The van der Waals surface area contributed by atoms with Crippen LogP contribution in [0.3, 0.4) is 0 Å². The second-order valence-electron chi connectivity index (χ2n) is 7.41. The van der Waals surface area contributed by atoms with E-state index >= 15 is 0 Å². The fourth-order valence-electron chi connectivity index (χ4n) is 3.68. The summed E-state index contributed by atoms with van der Waals surface area (Å²) < 4.78 is 112. The van der Waals surface area contributed by atoms with Crippen molar-refractivity contribution in [2.45, 2.75) is 19.0 Å². The summed E-state index contributed by atoms with van der Waals surface area (Å²) in [5.74, 6) is 0. The number of alkyl halides is 7. The zero-order valence-electron chi connectivity index (χ0n) is 17.2. The molecule has 0 atom stereocenters. The lowest BCUT2D eigenvalue weighted by Gasteiger charge is -2.33. The normalized spacial score (nSPS) is 15.1. The van der Waals surface area contributed by atoms with Gasteiger partial charge in [-0.15, -0.1) is 0 Å². The lowest BCUT2D eigenvalue weighted by atomic mass is 9.59. The van der Waals surface area contributed by atoms with Gasteiger partial charge < -0.3 is 13.7 Å². The topological polar surface area (TPSA) is 27.7 Å². The molecular weight excluding hydrogens is 466 g/mol. The Kier molecular flexibility index (Phi) is 6.79. The highest BCUT2D eigenvalue weighted by atomic mass is 19.4. The summed E-state index contributed by atoms with van der Waals surface area (Å²) in [5.41, 5.74) is -2.83. The van der Waals surface area contributed by atoms with Gasteiger partial charge in [0.15, 0.2) is 0 Å². The predicted octanol–water partition coefficient (Wildman–Crippen LogP) is 3.74. The van der Waals surface area contributed by atoms with Crippen LogP contribution in [0.1, 0.15) is 16.7 Å². The Balaban J connectivity index is 1.83. The number of rotatable bonds is 4. The Hall–Kier alpha value is -2.76. The molecule has 0 amide bonds. The summed E-state index contributed by atoms with van der Waals surface area (Å²) in [5, 5.41) is 0. The molecule has 0 N–H and O–H groups in total. The fraction of sp³-hybridized carbons (Fsp3) is 0.143. The second-order valence-corrected chi connectivity index (χ2v) is 7.41. The summed E-state index contributed by atoms with van der Waals surface area (Å²) in [4.78, 5) is 0. The number of benzene rings is 3. The molecule has 1 saturated heterocycles. The van der Waals surface area contributed by atoms with Gasteiger partial charge >= 0.3 is 33.7 Å². The van der Waals surface area contributed by atoms with Gasteiger partial charge in [-0.3, -0.25) is 0 Å². The summed E-state index contributed by atoms with van der Waals surface area (Å²) in [6, 6.07) is 14.7. The highest BCUT2D eigenvalue weighted by molar-refractivity contribution is 6.87. The van der Waals surface area contributed by atoms with Crippen molar-refractivity contribution in [1.82, 2.24) is 0 Å². The van der Waals surface area contributed by atoms with Crippen LogP contribution in [0.4, 0.5) is 30.7 Å². The standard InChI is InChI=1S/C21H14B3F7O3/c25-13-14-7-1-4-10-17(14)22-32-23(18-11-5-2-8-15(18)20(26,27)28)34-24(33-22)19-12-6-3-9-16(19)21(29,30)31/h1-12H,13H2. The Bertz CT molecular complexity index is 1090. The smallest absolute Gasteiger partial charge is 0.445 e. The largest absolute Gasteiger partial charge is 0.467 e. The molecule has 0 radical (unpaired) electrons. The van der Waals surface area contributed by atoms with Crippen LogP contribution in [0.15, 0.2) is 72.8 Å². The van der Waals surface area contributed by atoms with Crippen molar-refractivity contribution in [2.75, 3.05) is 0 Å². The van der Waals surface area contributed by atoms with Gasteiger partial charge in [-0.2, -0.15) is 26.3 Å². The van der Waals surface area contributed by atoms with Gasteiger partial charge in [-0.25, -0.2) is 4.39 Å². The number of halogens is 7. The monoisotopic (exact) mass is 480 g/mol. The number of hydrogen-bond donors (Lipinski definition) is 0. The van der Waals surface area contributed by atoms with Crippen molar-refractivity contribution in [3.05, 3.63) is 89.5 Å². The molecule has 3 aromatic rings. The van der Waals surface area contributed by atoms with Crippen molar-refractivity contribution in [3.63, 3.8) is 0 Å². The molecular formula is C21H14B3F7O3. The molecule has 1 heterocycles. The minimum Gasteiger partial charge on any atom is -0.445 e. The Labute approximate surface area is 191 Å². The molecule has 0 bridgehead atoms. The predicted molar refractivity (Wildman–Crippen MR) is 114 cm³/mol. The molecule has 0 aromatic heterocycles. The minimum atomic E-state index is -4.78. The molecule has 1 aliphatic rings. The van der Waals surface area contributed by atoms with E-state index in [0.29, 0.717) is 0 Å². The Morgan fingerprint density at radius 1 is 0.529 bits per heavy atom. The third kappa shape index (κ3) is 5.01. The van der Waals surface area contributed by atoms with Crippen molar-refractivity contribution in [3.8, 4) is 0 Å². The molecule has 1 aliphatic heterocycles. The van der Waals surface area contributed by atoms with Crippen LogP contribution in [-0.4, -0.2) is 21.4 Å². The van der Waals surface area contributed by atoms with Gasteiger partial charge in [0.2, 0.25) is 0 Å². The zero-order chi connectivity index (χ0) is 24.5. The average molecular weight is 480 g/mol.